The summed E-state index contributed by atoms with van der Waals surface area (Å²) in [5, 5.41) is 3.10. The van der Waals surface area contributed by atoms with Crippen LogP contribution in [-0.4, -0.2) is 31.6 Å². The molecule has 2 heterocycles. The van der Waals surface area contributed by atoms with Gasteiger partial charge in [0.05, 0.1) is 16.8 Å². The van der Waals surface area contributed by atoms with Gasteiger partial charge in [-0.3, -0.25) is 9.59 Å². The third kappa shape index (κ3) is 3.26. The van der Waals surface area contributed by atoms with E-state index in [1.807, 2.05) is 0 Å². The monoisotopic (exact) mass is 317 g/mol. The maximum Gasteiger partial charge on any atom is 0.323 e. The fourth-order valence-corrected chi connectivity index (χ4v) is 2.51. The van der Waals surface area contributed by atoms with Gasteiger partial charge < -0.3 is 20.3 Å². The van der Waals surface area contributed by atoms with Gasteiger partial charge >= 0.3 is 5.69 Å². The first-order valence-corrected chi connectivity index (χ1v) is 7.29. The summed E-state index contributed by atoms with van der Waals surface area (Å²) < 4.78 is 0. The fraction of sp³-hybridized carbons (Fsp3) is 0.0769. The van der Waals surface area contributed by atoms with Crippen LogP contribution in [0.1, 0.15) is 0 Å². The van der Waals surface area contributed by atoms with Crippen LogP contribution in [0, 0.1) is 0 Å². The highest BCUT2D eigenvalue weighted by Crippen LogP contribution is 2.16. The summed E-state index contributed by atoms with van der Waals surface area (Å²) in [6, 6.07) is 6.36. The van der Waals surface area contributed by atoms with Crippen molar-refractivity contribution in [1.29, 1.82) is 0 Å². The van der Waals surface area contributed by atoms with E-state index in [1.54, 1.807) is 18.2 Å². The van der Waals surface area contributed by atoms with Crippen molar-refractivity contribution in [1.82, 2.24) is 19.9 Å². The Morgan fingerprint density at radius 2 is 1.95 bits per heavy atom. The van der Waals surface area contributed by atoms with Crippen molar-refractivity contribution >= 4 is 34.4 Å². The molecule has 8 nitrogen and oxygen atoms in total. The normalized spacial score (nSPS) is 10.7. The Morgan fingerprint density at radius 1 is 1.14 bits per heavy atom. The number of hydrogen-bond acceptors (Lipinski definition) is 5. The predicted octanol–water partition coefficient (Wildman–Crippen LogP) is 0.670. The minimum absolute atomic E-state index is 0.106. The zero-order valence-corrected chi connectivity index (χ0v) is 12.0. The molecule has 0 aliphatic carbocycles. The number of carbonyl (C=O) groups is 1. The van der Waals surface area contributed by atoms with Gasteiger partial charge in [-0.2, -0.15) is 0 Å². The van der Waals surface area contributed by atoms with Crippen LogP contribution >= 0.6 is 11.8 Å². The number of fused-ring (bicyclic) bond motifs is 1. The molecule has 22 heavy (non-hydrogen) atoms. The summed E-state index contributed by atoms with van der Waals surface area (Å²) >= 11 is 1.13. The minimum atomic E-state index is -0.298. The molecule has 0 aliphatic rings. The molecule has 0 saturated heterocycles. The summed E-state index contributed by atoms with van der Waals surface area (Å²) in [7, 11) is 0. The van der Waals surface area contributed by atoms with Crippen molar-refractivity contribution in [3.05, 3.63) is 51.3 Å². The van der Waals surface area contributed by atoms with Crippen molar-refractivity contribution in [2.24, 2.45) is 0 Å². The zero-order chi connectivity index (χ0) is 15.5. The van der Waals surface area contributed by atoms with E-state index in [9.17, 15) is 14.4 Å². The second kappa shape index (κ2) is 5.90. The minimum Gasteiger partial charge on any atom is -0.325 e. The molecule has 3 rings (SSSR count). The third-order valence-corrected chi connectivity index (χ3v) is 3.67. The zero-order valence-electron chi connectivity index (χ0n) is 11.2. The van der Waals surface area contributed by atoms with Crippen LogP contribution in [0.5, 0.6) is 0 Å². The number of nitrogens with one attached hydrogen (secondary N) is 4. The highest BCUT2D eigenvalue weighted by Gasteiger charge is 2.06. The maximum atomic E-state index is 11.9. The van der Waals surface area contributed by atoms with E-state index in [4.69, 9.17) is 0 Å². The maximum absolute atomic E-state index is 11.9. The van der Waals surface area contributed by atoms with Gasteiger partial charge in [-0.15, -0.1) is 0 Å². The van der Waals surface area contributed by atoms with Crippen LogP contribution < -0.4 is 16.6 Å². The Morgan fingerprint density at radius 3 is 2.77 bits per heavy atom. The van der Waals surface area contributed by atoms with Gasteiger partial charge in [0.2, 0.25) is 5.91 Å². The highest BCUT2D eigenvalue weighted by atomic mass is 32.2. The molecule has 0 radical (unpaired) electrons. The molecule has 0 saturated carbocycles. The lowest BCUT2D eigenvalue weighted by Gasteiger charge is -2.04. The number of aromatic amines is 3. The van der Waals surface area contributed by atoms with Crippen molar-refractivity contribution < 1.29 is 4.79 Å². The first-order valence-electron chi connectivity index (χ1n) is 6.30. The Balaban J connectivity index is 1.65. The van der Waals surface area contributed by atoms with Gasteiger partial charge in [0, 0.05) is 18.0 Å². The molecule has 4 N–H and O–H groups in total. The highest BCUT2D eigenvalue weighted by molar-refractivity contribution is 7.99. The van der Waals surface area contributed by atoms with E-state index in [-0.39, 0.29) is 22.9 Å². The molecule has 0 atom stereocenters. The summed E-state index contributed by atoms with van der Waals surface area (Å²) in [5.74, 6) is -0.136. The first kappa shape index (κ1) is 14.1. The number of amides is 1. The lowest BCUT2D eigenvalue weighted by molar-refractivity contribution is -0.113. The molecular formula is C13H11N5O3S. The number of rotatable bonds is 4. The van der Waals surface area contributed by atoms with Gasteiger partial charge in [0.25, 0.3) is 5.56 Å². The number of thioether (sulfide) groups is 1. The summed E-state index contributed by atoms with van der Waals surface area (Å²) in [4.78, 5) is 45.9. The Kier molecular flexibility index (Phi) is 3.79. The average molecular weight is 317 g/mol. The van der Waals surface area contributed by atoms with Crippen LogP contribution in [0.25, 0.3) is 11.0 Å². The van der Waals surface area contributed by atoms with E-state index in [2.05, 4.69) is 25.3 Å². The quantitative estimate of drug-likeness (QED) is 0.416. The second-order valence-electron chi connectivity index (χ2n) is 4.42. The number of nitrogens with zero attached hydrogens (tertiary/aromatic N) is 1. The van der Waals surface area contributed by atoms with E-state index >= 15 is 0 Å². The van der Waals surface area contributed by atoms with E-state index < -0.39 is 0 Å². The molecule has 0 fully saturated rings. The smallest absolute Gasteiger partial charge is 0.323 e. The summed E-state index contributed by atoms with van der Waals surface area (Å²) in [6.45, 7) is 0. The topological polar surface area (TPSA) is 123 Å². The van der Waals surface area contributed by atoms with Crippen molar-refractivity contribution in [2.45, 2.75) is 5.16 Å². The Labute approximate surface area is 127 Å². The average Bonchev–Trinajstić information content (AvgIpc) is 2.84. The SMILES string of the molecule is O=C(CSc1nccc(=O)[nH]1)Nc1ccc2[nH]c(=O)[nH]c2c1. The molecule has 1 aromatic carbocycles. The number of carbonyl (C=O) groups excluding carboxylic acids is 1. The van der Waals surface area contributed by atoms with Gasteiger partial charge in [-0.1, -0.05) is 11.8 Å². The molecule has 0 bridgehead atoms. The van der Waals surface area contributed by atoms with Crippen LogP contribution in [0.4, 0.5) is 5.69 Å². The molecule has 0 aliphatic heterocycles. The standard InChI is InChI=1S/C13H11N5O3S/c19-10-3-4-14-13(18-10)22-6-11(20)15-7-1-2-8-9(5-7)17-12(21)16-8/h1-5H,6H2,(H,15,20)(H,14,18,19)(H2,16,17,21). The Bertz CT molecular complexity index is 942. The summed E-state index contributed by atoms with van der Waals surface area (Å²) in [6.07, 6.45) is 1.38. The second-order valence-corrected chi connectivity index (χ2v) is 5.38. The van der Waals surface area contributed by atoms with Gasteiger partial charge in [-0.25, -0.2) is 9.78 Å². The largest absolute Gasteiger partial charge is 0.325 e. The van der Waals surface area contributed by atoms with E-state index in [0.717, 1.165) is 11.8 Å². The number of anilines is 1. The third-order valence-electron chi connectivity index (χ3n) is 2.79. The molecule has 0 unspecified atom stereocenters. The van der Waals surface area contributed by atoms with Crippen molar-refractivity contribution in [2.75, 3.05) is 11.1 Å². The van der Waals surface area contributed by atoms with Gasteiger partial charge in [-0.05, 0) is 18.2 Å². The van der Waals surface area contributed by atoms with Gasteiger partial charge in [0.15, 0.2) is 5.16 Å². The van der Waals surface area contributed by atoms with E-state index in [0.29, 0.717) is 21.9 Å². The molecule has 9 heteroatoms. The number of aromatic nitrogens is 4. The first-order chi connectivity index (χ1) is 10.6. The van der Waals surface area contributed by atoms with Crippen LogP contribution in [0.15, 0.2) is 45.2 Å². The fourth-order valence-electron chi connectivity index (χ4n) is 1.87. The number of hydrogen-bond donors (Lipinski definition) is 4. The van der Waals surface area contributed by atoms with Crippen LogP contribution in [0.2, 0.25) is 0 Å². The van der Waals surface area contributed by atoms with Crippen LogP contribution in [-0.2, 0) is 4.79 Å². The number of H-pyrrole nitrogens is 3. The molecule has 3 aromatic rings. The van der Waals surface area contributed by atoms with Gasteiger partial charge in [0.1, 0.15) is 0 Å². The molecule has 0 spiro atoms. The van der Waals surface area contributed by atoms with Crippen molar-refractivity contribution in [3.63, 3.8) is 0 Å². The molecule has 1 amide bonds. The lowest BCUT2D eigenvalue weighted by atomic mass is 10.3. The lowest BCUT2D eigenvalue weighted by Crippen LogP contribution is -2.15. The number of imidazole rings is 1. The summed E-state index contributed by atoms with van der Waals surface area (Å²) in [5.41, 5.74) is 1.30. The van der Waals surface area contributed by atoms with Crippen LogP contribution in [0.3, 0.4) is 0 Å². The van der Waals surface area contributed by atoms with Crippen molar-refractivity contribution in [3.8, 4) is 0 Å². The molecule has 2 aromatic heterocycles. The Hall–Kier alpha value is -2.81. The predicted molar refractivity (Wildman–Crippen MR) is 83.1 cm³/mol. The number of benzene rings is 1. The van der Waals surface area contributed by atoms with E-state index in [1.165, 1.54) is 12.3 Å². The molecule has 112 valence electrons. The molecular weight excluding hydrogens is 306 g/mol.